The van der Waals surface area contributed by atoms with Gasteiger partial charge in [-0.2, -0.15) is 0 Å². The molecule has 1 saturated heterocycles. The third kappa shape index (κ3) is 2.14. The lowest BCUT2D eigenvalue weighted by molar-refractivity contribution is 0.514. The normalized spacial score (nSPS) is 23.3. The van der Waals surface area contributed by atoms with Gasteiger partial charge in [-0.25, -0.2) is 9.37 Å². The van der Waals surface area contributed by atoms with Crippen LogP contribution in [-0.4, -0.2) is 22.6 Å². The van der Waals surface area contributed by atoms with Crippen molar-refractivity contribution in [3.8, 4) is 0 Å². The van der Waals surface area contributed by atoms with Crippen LogP contribution in [0, 0.1) is 11.7 Å². The maximum atomic E-state index is 13.4. The molecular formula is C15H20FN3. The summed E-state index contributed by atoms with van der Waals surface area (Å²) in [5.41, 5.74) is 1.83. The van der Waals surface area contributed by atoms with Gasteiger partial charge in [0.25, 0.3) is 0 Å². The Kier molecular flexibility index (Phi) is 3.27. The topological polar surface area (TPSA) is 29.9 Å². The first-order valence-electron chi connectivity index (χ1n) is 7.07. The van der Waals surface area contributed by atoms with Crippen LogP contribution in [0.4, 0.5) is 4.39 Å². The molecule has 3 rings (SSSR count). The number of aromatic nitrogens is 2. The molecule has 0 saturated carbocycles. The van der Waals surface area contributed by atoms with E-state index in [0.717, 1.165) is 42.9 Å². The van der Waals surface area contributed by atoms with E-state index in [1.165, 1.54) is 12.1 Å². The number of hydrogen-bond acceptors (Lipinski definition) is 2. The molecular weight excluding hydrogens is 241 g/mol. The average Bonchev–Trinajstić information content (AvgIpc) is 2.94. The molecule has 4 heteroatoms. The number of rotatable bonds is 3. The van der Waals surface area contributed by atoms with Crippen molar-refractivity contribution >= 4 is 11.0 Å². The zero-order valence-electron chi connectivity index (χ0n) is 11.5. The number of nitrogens with zero attached hydrogens (tertiary/aromatic N) is 2. The Labute approximate surface area is 112 Å². The van der Waals surface area contributed by atoms with E-state index in [1.54, 1.807) is 0 Å². The van der Waals surface area contributed by atoms with Gasteiger partial charge >= 0.3 is 0 Å². The van der Waals surface area contributed by atoms with E-state index < -0.39 is 0 Å². The van der Waals surface area contributed by atoms with Crippen LogP contribution in [-0.2, 0) is 6.54 Å². The molecule has 0 aliphatic carbocycles. The largest absolute Gasteiger partial charge is 0.328 e. The second kappa shape index (κ2) is 4.93. The fraction of sp³-hybridized carbons (Fsp3) is 0.533. The van der Waals surface area contributed by atoms with Gasteiger partial charge < -0.3 is 9.88 Å². The fourth-order valence-electron chi connectivity index (χ4n) is 3.02. The second-order valence-corrected chi connectivity index (χ2v) is 5.50. The number of aryl methyl sites for hydroxylation is 1. The summed E-state index contributed by atoms with van der Waals surface area (Å²) in [7, 11) is 0. The number of hydrogen-bond donors (Lipinski definition) is 1. The monoisotopic (exact) mass is 261 g/mol. The zero-order chi connectivity index (χ0) is 13.4. The van der Waals surface area contributed by atoms with Gasteiger partial charge in [0.15, 0.2) is 0 Å². The number of benzene rings is 1. The van der Waals surface area contributed by atoms with Gasteiger partial charge in [0.05, 0.1) is 11.0 Å². The van der Waals surface area contributed by atoms with Gasteiger partial charge in [0, 0.05) is 25.1 Å². The number of fused-ring (bicyclic) bond motifs is 1. The minimum atomic E-state index is -0.210. The van der Waals surface area contributed by atoms with Gasteiger partial charge in [0.1, 0.15) is 11.6 Å². The summed E-state index contributed by atoms with van der Waals surface area (Å²) >= 11 is 0. The van der Waals surface area contributed by atoms with Crippen molar-refractivity contribution in [3.63, 3.8) is 0 Å². The van der Waals surface area contributed by atoms with E-state index >= 15 is 0 Å². The molecule has 102 valence electrons. The van der Waals surface area contributed by atoms with Crippen molar-refractivity contribution in [3.05, 3.63) is 29.8 Å². The molecule has 1 N–H and O–H groups in total. The third-order valence-corrected chi connectivity index (χ3v) is 4.04. The average molecular weight is 261 g/mol. The lowest BCUT2D eigenvalue weighted by Crippen LogP contribution is -2.15. The molecule has 1 aromatic carbocycles. The van der Waals surface area contributed by atoms with Gasteiger partial charge in [-0.15, -0.1) is 0 Å². The molecule has 2 heterocycles. The van der Waals surface area contributed by atoms with Gasteiger partial charge in [-0.3, -0.25) is 0 Å². The summed E-state index contributed by atoms with van der Waals surface area (Å²) in [4.78, 5) is 4.71. The van der Waals surface area contributed by atoms with Crippen molar-refractivity contribution in [1.82, 2.24) is 14.9 Å². The first-order chi connectivity index (χ1) is 9.20. The predicted octanol–water partition coefficient (Wildman–Crippen LogP) is 2.91. The van der Waals surface area contributed by atoms with Crippen LogP contribution in [0.5, 0.6) is 0 Å². The predicted molar refractivity (Wildman–Crippen MR) is 74.8 cm³/mol. The van der Waals surface area contributed by atoms with E-state index in [9.17, 15) is 4.39 Å². The highest BCUT2D eigenvalue weighted by Crippen LogP contribution is 2.30. The SMILES string of the molecule is CCCn1c([C@@H]2CNC[C@H]2C)nc2cc(F)ccc21. The maximum Gasteiger partial charge on any atom is 0.125 e. The molecule has 0 amide bonds. The molecule has 2 aromatic rings. The Hall–Kier alpha value is -1.42. The summed E-state index contributed by atoms with van der Waals surface area (Å²) in [6.07, 6.45) is 1.06. The Balaban J connectivity index is 2.13. The van der Waals surface area contributed by atoms with E-state index in [2.05, 4.69) is 23.7 Å². The van der Waals surface area contributed by atoms with Crippen molar-refractivity contribution in [1.29, 1.82) is 0 Å². The maximum absolute atomic E-state index is 13.4. The number of halogens is 1. The summed E-state index contributed by atoms with van der Waals surface area (Å²) < 4.78 is 15.6. The molecule has 1 aliphatic rings. The third-order valence-electron chi connectivity index (χ3n) is 4.04. The van der Waals surface area contributed by atoms with E-state index in [4.69, 9.17) is 4.98 Å². The highest BCUT2D eigenvalue weighted by molar-refractivity contribution is 5.76. The lowest BCUT2D eigenvalue weighted by atomic mass is 9.97. The number of nitrogens with one attached hydrogen (secondary N) is 1. The molecule has 2 atom stereocenters. The summed E-state index contributed by atoms with van der Waals surface area (Å²) in [6.45, 7) is 7.36. The summed E-state index contributed by atoms with van der Waals surface area (Å²) in [5.74, 6) is 1.91. The zero-order valence-corrected chi connectivity index (χ0v) is 11.5. The van der Waals surface area contributed by atoms with Gasteiger partial charge in [0.2, 0.25) is 0 Å². The smallest absolute Gasteiger partial charge is 0.125 e. The van der Waals surface area contributed by atoms with Gasteiger partial charge in [-0.1, -0.05) is 13.8 Å². The molecule has 0 spiro atoms. The summed E-state index contributed by atoms with van der Waals surface area (Å²) in [5, 5.41) is 3.42. The Bertz CT molecular complexity index is 590. The lowest BCUT2D eigenvalue weighted by Gasteiger charge is -2.16. The van der Waals surface area contributed by atoms with E-state index in [1.807, 2.05) is 6.07 Å². The van der Waals surface area contributed by atoms with Crippen LogP contribution in [0.15, 0.2) is 18.2 Å². The molecule has 1 fully saturated rings. The van der Waals surface area contributed by atoms with Gasteiger partial charge in [-0.05, 0) is 31.0 Å². The highest BCUT2D eigenvalue weighted by Gasteiger charge is 2.29. The molecule has 1 aromatic heterocycles. The molecule has 0 unspecified atom stereocenters. The molecule has 19 heavy (non-hydrogen) atoms. The van der Waals surface area contributed by atoms with Crippen molar-refractivity contribution in [2.24, 2.45) is 5.92 Å². The van der Waals surface area contributed by atoms with Crippen LogP contribution in [0.1, 0.15) is 32.0 Å². The Morgan fingerprint density at radius 2 is 2.26 bits per heavy atom. The minimum Gasteiger partial charge on any atom is -0.328 e. The summed E-state index contributed by atoms with van der Waals surface area (Å²) in [6, 6.07) is 4.91. The quantitative estimate of drug-likeness (QED) is 0.920. The van der Waals surface area contributed by atoms with Crippen molar-refractivity contribution in [2.75, 3.05) is 13.1 Å². The Morgan fingerprint density at radius 1 is 1.42 bits per heavy atom. The first-order valence-corrected chi connectivity index (χ1v) is 7.07. The molecule has 1 aliphatic heterocycles. The van der Waals surface area contributed by atoms with E-state index in [-0.39, 0.29) is 5.82 Å². The standard InChI is InChI=1S/C15H20FN3/c1-3-6-19-14-5-4-11(16)7-13(14)18-15(19)12-9-17-8-10(12)2/h4-5,7,10,12,17H,3,6,8-9H2,1-2H3/t10-,12-/m1/s1. The van der Waals surface area contributed by atoms with E-state index in [0.29, 0.717) is 11.8 Å². The molecule has 0 radical (unpaired) electrons. The van der Waals surface area contributed by atoms with Crippen LogP contribution in [0.25, 0.3) is 11.0 Å². The fourth-order valence-corrected chi connectivity index (χ4v) is 3.02. The van der Waals surface area contributed by atoms with Crippen molar-refractivity contribution < 1.29 is 4.39 Å². The molecule has 0 bridgehead atoms. The van der Waals surface area contributed by atoms with Crippen LogP contribution < -0.4 is 5.32 Å². The van der Waals surface area contributed by atoms with Crippen LogP contribution in [0.2, 0.25) is 0 Å². The Morgan fingerprint density at radius 3 is 2.95 bits per heavy atom. The minimum absolute atomic E-state index is 0.210. The van der Waals surface area contributed by atoms with Crippen LogP contribution in [0.3, 0.4) is 0 Å². The number of imidazole rings is 1. The van der Waals surface area contributed by atoms with Crippen LogP contribution >= 0.6 is 0 Å². The molecule has 3 nitrogen and oxygen atoms in total. The second-order valence-electron chi connectivity index (χ2n) is 5.50. The van der Waals surface area contributed by atoms with Crippen molar-refractivity contribution in [2.45, 2.75) is 32.7 Å². The first kappa shape index (κ1) is 12.6. The highest BCUT2D eigenvalue weighted by atomic mass is 19.1.